The number of benzene rings is 1. The molecule has 0 aliphatic carbocycles. The van der Waals surface area contributed by atoms with Gasteiger partial charge in [0.05, 0.1) is 28.7 Å². The fourth-order valence-corrected chi connectivity index (χ4v) is 3.38. The molecule has 106 valence electrons. The molecule has 8 heteroatoms. The van der Waals surface area contributed by atoms with E-state index < -0.39 is 24.3 Å². The number of rotatable bonds is 2. The van der Waals surface area contributed by atoms with Gasteiger partial charge < -0.3 is 20.1 Å². The highest BCUT2D eigenvalue weighted by Crippen LogP contribution is 2.42. The maximum absolute atomic E-state index is 12.5. The third-order valence-corrected chi connectivity index (χ3v) is 4.29. The van der Waals surface area contributed by atoms with Crippen LogP contribution < -0.4 is 15.3 Å². The largest absolute Gasteiger partial charge is 0.548 e. The monoisotopic (exact) mass is 319 g/mol. The molecule has 0 spiro atoms. The first-order chi connectivity index (χ1) is 9.99. The summed E-state index contributed by atoms with van der Waals surface area (Å²) in [6, 6.07) is 6.69. The molecule has 2 aliphatic rings. The molecule has 1 saturated heterocycles. The van der Waals surface area contributed by atoms with Gasteiger partial charge in [0.1, 0.15) is 4.32 Å². The second-order valence-corrected chi connectivity index (χ2v) is 6.02. The van der Waals surface area contributed by atoms with Crippen molar-refractivity contribution in [1.29, 1.82) is 0 Å². The molecule has 2 amide bonds. The zero-order chi connectivity index (χ0) is 15.1. The Kier molecular flexibility index (Phi) is 3.26. The van der Waals surface area contributed by atoms with Crippen LogP contribution in [0.4, 0.5) is 5.69 Å². The fourth-order valence-electron chi connectivity index (χ4n) is 2.26. The Hall–Kier alpha value is -2.19. The van der Waals surface area contributed by atoms with Gasteiger partial charge in [-0.15, -0.1) is 0 Å². The number of aliphatic carboxylic acids is 1. The number of hydrogen-bond donors (Lipinski definition) is 1. The van der Waals surface area contributed by atoms with Crippen molar-refractivity contribution in [2.45, 2.75) is 0 Å². The second kappa shape index (κ2) is 4.97. The van der Waals surface area contributed by atoms with Crippen LogP contribution >= 0.6 is 24.0 Å². The van der Waals surface area contributed by atoms with Crippen molar-refractivity contribution in [2.75, 3.05) is 11.4 Å². The molecule has 0 aromatic heterocycles. The molecule has 21 heavy (non-hydrogen) atoms. The summed E-state index contributed by atoms with van der Waals surface area (Å²) in [5, 5.41) is 13.3. The second-order valence-electron chi connectivity index (χ2n) is 4.33. The normalized spacial score (nSPS) is 20.8. The van der Waals surface area contributed by atoms with Gasteiger partial charge in [-0.3, -0.25) is 9.59 Å². The van der Waals surface area contributed by atoms with Crippen LogP contribution in [0.15, 0.2) is 29.2 Å². The molecule has 0 atom stereocenters. The Labute approximate surface area is 128 Å². The first kappa shape index (κ1) is 13.8. The number of thiocarbonyl (C=S) groups is 1. The van der Waals surface area contributed by atoms with Gasteiger partial charge in [0.2, 0.25) is 0 Å². The minimum absolute atomic E-state index is 0.175. The summed E-state index contributed by atoms with van der Waals surface area (Å²) in [6.07, 6.45) is 0. The van der Waals surface area contributed by atoms with Crippen molar-refractivity contribution in [3.05, 3.63) is 34.7 Å². The standard InChI is InChI=1S/C13H8N2O4S2/c16-8(17)5-15-7-4-2-1-3-6(7)9(12(15)19)10-11(18)14-13(20)21-10/h1-4H,5H2,(H,16,17)(H,14,18,20)/p-1/b10-9-. The topological polar surface area (TPSA) is 89.5 Å². The Morgan fingerprint density at radius 3 is 2.67 bits per heavy atom. The van der Waals surface area contributed by atoms with Gasteiger partial charge in [0.25, 0.3) is 11.8 Å². The van der Waals surface area contributed by atoms with Crippen LogP contribution in [0, 0.1) is 0 Å². The van der Waals surface area contributed by atoms with Gasteiger partial charge in [0, 0.05) is 5.56 Å². The number of nitrogens with zero attached hydrogens (tertiary/aromatic N) is 1. The van der Waals surface area contributed by atoms with E-state index in [1.807, 2.05) is 0 Å². The van der Waals surface area contributed by atoms with Crippen molar-refractivity contribution < 1.29 is 19.5 Å². The van der Waals surface area contributed by atoms with E-state index in [-0.39, 0.29) is 14.8 Å². The van der Waals surface area contributed by atoms with Crippen molar-refractivity contribution in [1.82, 2.24) is 5.32 Å². The number of fused-ring (bicyclic) bond motifs is 1. The summed E-state index contributed by atoms with van der Waals surface area (Å²) in [7, 11) is 0. The van der Waals surface area contributed by atoms with Crippen LogP contribution in [0.1, 0.15) is 5.56 Å². The number of hydrogen-bond acceptors (Lipinski definition) is 6. The summed E-state index contributed by atoms with van der Waals surface area (Å²) in [6.45, 7) is -0.566. The van der Waals surface area contributed by atoms with Crippen LogP contribution in [0.5, 0.6) is 0 Å². The molecule has 1 aromatic rings. The lowest BCUT2D eigenvalue weighted by Gasteiger charge is -2.17. The van der Waals surface area contributed by atoms with Gasteiger partial charge in [0.15, 0.2) is 0 Å². The van der Waals surface area contributed by atoms with E-state index in [9.17, 15) is 19.5 Å². The van der Waals surface area contributed by atoms with E-state index in [1.165, 1.54) is 0 Å². The number of amides is 2. The van der Waals surface area contributed by atoms with Crippen molar-refractivity contribution in [3.8, 4) is 0 Å². The Bertz CT molecular complexity index is 741. The van der Waals surface area contributed by atoms with Gasteiger partial charge in [-0.1, -0.05) is 42.2 Å². The van der Waals surface area contributed by atoms with E-state index in [0.29, 0.717) is 11.3 Å². The summed E-state index contributed by atoms with van der Waals surface area (Å²) >= 11 is 5.91. The highest BCUT2D eigenvalue weighted by molar-refractivity contribution is 8.27. The smallest absolute Gasteiger partial charge is 0.264 e. The molecule has 0 saturated carbocycles. The Morgan fingerprint density at radius 1 is 1.33 bits per heavy atom. The molecular formula is C13H7N2O4S2-. The molecular weight excluding hydrogens is 312 g/mol. The van der Waals surface area contributed by atoms with Crippen LogP contribution in [-0.2, 0) is 14.4 Å². The summed E-state index contributed by atoms with van der Waals surface area (Å²) in [5.74, 6) is -2.36. The third kappa shape index (κ3) is 2.22. The number of para-hydroxylation sites is 1. The number of carbonyl (C=O) groups excluding carboxylic acids is 3. The molecule has 2 aliphatic heterocycles. The van der Waals surface area contributed by atoms with Crippen LogP contribution in [0.3, 0.4) is 0 Å². The Morgan fingerprint density at radius 2 is 2.05 bits per heavy atom. The zero-order valence-corrected chi connectivity index (χ0v) is 12.0. The minimum atomic E-state index is -1.37. The average molecular weight is 319 g/mol. The maximum atomic E-state index is 12.5. The minimum Gasteiger partial charge on any atom is -0.548 e. The van der Waals surface area contributed by atoms with Crippen LogP contribution in [0.2, 0.25) is 0 Å². The summed E-state index contributed by atoms with van der Waals surface area (Å²) < 4.78 is 0.270. The highest BCUT2D eigenvalue weighted by Gasteiger charge is 2.38. The van der Waals surface area contributed by atoms with E-state index >= 15 is 0 Å². The van der Waals surface area contributed by atoms with E-state index in [0.717, 1.165) is 16.7 Å². The first-order valence-electron chi connectivity index (χ1n) is 5.87. The third-order valence-electron chi connectivity index (χ3n) is 3.05. The van der Waals surface area contributed by atoms with Crippen molar-refractivity contribution in [2.24, 2.45) is 0 Å². The first-order valence-corrected chi connectivity index (χ1v) is 7.10. The predicted molar refractivity (Wildman–Crippen MR) is 79.1 cm³/mol. The SMILES string of the molecule is O=C([O-])CN1C(=O)/C(=C2\SC(=S)NC2=O)c2ccccc21. The molecule has 3 rings (SSSR count). The average Bonchev–Trinajstić information content (AvgIpc) is 2.88. The molecule has 6 nitrogen and oxygen atoms in total. The number of nitrogens with one attached hydrogen (secondary N) is 1. The quantitative estimate of drug-likeness (QED) is 0.591. The van der Waals surface area contributed by atoms with E-state index in [4.69, 9.17) is 12.2 Å². The molecule has 1 aromatic carbocycles. The number of carbonyl (C=O) groups is 3. The van der Waals surface area contributed by atoms with Gasteiger partial charge in [-0.05, 0) is 6.07 Å². The molecule has 0 radical (unpaired) electrons. The van der Waals surface area contributed by atoms with Crippen LogP contribution in [0.25, 0.3) is 5.57 Å². The van der Waals surface area contributed by atoms with E-state index in [2.05, 4.69) is 5.32 Å². The van der Waals surface area contributed by atoms with E-state index in [1.54, 1.807) is 24.3 Å². The summed E-state index contributed by atoms with van der Waals surface area (Å²) in [5.41, 5.74) is 1.14. The summed E-state index contributed by atoms with van der Waals surface area (Å²) in [4.78, 5) is 36.5. The van der Waals surface area contributed by atoms with Crippen LogP contribution in [-0.4, -0.2) is 28.6 Å². The van der Waals surface area contributed by atoms with Gasteiger partial charge in [-0.25, -0.2) is 0 Å². The fraction of sp³-hybridized carbons (Fsp3) is 0.0769. The van der Waals surface area contributed by atoms with Crippen molar-refractivity contribution >= 4 is 57.3 Å². The van der Waals surface area contributed by atoms with Gasteiger partial charge >= 0.3 is 0 Å². The number of carboxylic acid groups (broad SMARTS) is 1. The van der Waals surface area contributed by atoms with Crippen molar-refractivity contribution in [3.63, 3.8) is 0 Å². The highest BCUT2D eigenvalue weighted by atomic mass is 32.2. The molecule has 1 N–H and O–H groups in total. The number of carboxylic acids is 1. The molecule has 0 bridgehead atoms. The molecule has 2 heterocycles. The number of anilines is 1. The number of thioether (sulfide) groups is 1. The molecule has 0 unspecified atom stereocenters. The lowest BCUT2D eigenvalue weighted by atomic mass is 10.1. The lowest BCUT2D eigenvalue weighted by Crippen LogP contribution is -2.39. The van der Waals surface area contributed by atoms with Gasteiger partial charge in [-0.2, -0.15) is 0 Å². The Balaban J connectivity index is 2.18. The lowest BCUT2D eigenvalue weighted by molar-refractivity contribution is -0.303. The maximum Gasteiger partial charge on any atom is 0.264 e. The predicted octanol–water partition coefficient (Wildman–Crippen LogP) is -0.358. The zero-order valence-electron chi connectivity index (χ0n) is 10.4. The molecule has 1 fully saturated rings.